The number of rotatable bonds is 5. The van der Waals surface area contributed by atoms with Crippen LogP contribution in [0, 0.1) is 5.92 Å². The van der Waals surface area contributed by atoms with Crippen LogP contribution < -0.4 is 0 Å². The molecule has 0 aliphatic carbocycles. The highest BCUT2D eigenvalue weighted by Crippen LogP contribution is 2.23. The Morgan fingerprint density at radius 1 is 1.15 bits per heavy atom. The molecular formula is C20H28N4O2. The van der Waals surface area contributed by atoms with Crippen LogP contribution in [0.25, 0.3) is 11.0 Å². The summed E-state index contributed by atoms with van der Waals surface area (Å²) in [4.78, 5) is 24.8. The molecule has 0 radical (unpaired) electrons. The monoisotopic (exact) mass is 356 g/mol. The first-order valence-electron chi connectivity index (χ1n) is 9.79. The van der Waals surface area contributed by atoms with Crippen LogP contribution in [0.2, 0.25) is 0 Å². The molecule has 140 valence electrons. The van der Waals surface area contributed by atoms with E-state index in [1.54, 1.807) is 0 Å². The van der Waals surface area contributed by atoms with Crippen LogP contribution in [0.3, 0.4) is 0 Å². The number of fused-ring (bicyclic) bond motifs is 1. The molecule has 2 fully saturated rings. The van der Waals surface area contributed by atoms with Gasteiger partial charge in [-0.1, -0.05) is 12.1 Å². The fourth-order valence-electron chi connectivity index (χ4n) is 4.02. The van der Waals surface area contributed by atoms with E-state index in [0.29, 0.717) is 31.5 Å². The number of H-pyrrole nitrogens is 1. The number of likely N-dealkylation sites (tertiary alicyclic amines) is 1. The van der Waals surface area contributed by atoms with Gasteiger partial charge in [0, 0.05) is 19.5 Å². The summed E-state index contributed by atoms with van der Waals surface area (Å²) in [6, 6.07) is 8.18. The second-order valence-corrected chi connectivity index (χ2v) is 7.45. The van der Waals surface area contributed by atoms with Crippen LogP contribution in [-0.4, -0.2) is 65.1 Å². The van der Waals surface area contributed by atoms with Crippen molar-refractivity contribution in [3.63, 3.8) is 0 Å². The molecule has 6 heteroatoms. The molecule has 0 atom stereocenters. The maximum Gasteiger partial charge on any atom is 0.222 e. The van der Waals surface area contributed by atoms with E-state index < -0.39 is 0 Å². The molecule has 0 saturated carbocycles. The van der Waals surface area contributed by atoms with Gasteiger partial charge in [0.2, 0.25) is 5.91 Å². The van der Waals surface area contributed by atoms with Crippen molar-refractivity contribution >= 4 is 16.9 Å². The molecule has 2 saturated heterocycles. The Hall–Kier alpha value is -1.92. The lowest BCUT2D eigenvalue weighted by Gasteiger charge is -2.32. The Labute approximate surface area is 154 Å². The van der Waals surface area contributed by atoms with Gasteiger partial charge < -0.3 is 14.6 Å². The smallest absolute Gasteiger partial charge is 0.222 e. The lowest BCUT2D eigenvalue weighted by Crippen LogP contribution is -2.41. The van der Waals surface area contributed by atoms with Gasteiger partial charge in [0.25, 0.3) is 0 Å². The van der Waals surface area contributed by atoms with Gasteiger partial charge in [-0.3, -0.25) is 9.69 Å². The standard InChI is InChI=1S/C20H28N4O2/c25-20(24-11-13-26-14-12-24)6-5-16-7-9-23(10-8-16)15-19-21-17-3-1-2-4-18(17)22-19/h1-4,16H,5-15H2,(H,21,22). The van der Waals surface area contributed by atoms with Crippen molar-refractivity contribution in [2.24, 2.45) is 5.92 Å². The number of nitrogens with zero attached hydrogens (tertiary/aromatic N) is 3. The lowest BCUT2D eigenvalue weighted by atomic mass is 9.92. The molecule has 3 heterocycles. The van der Waals surface area contributed by atoms with E-state index in [-0.39, 0.29) is 0 Å². The number of benzene rings is 1. The number of para-hydroxylation sites is 2. The third kappa shape index (κ3) is 4.24. The molecule has 2 aliphatic rings. The minimum absolute atomic E-state index is 0.304. The zero-order valence-corrected chi connectivity index (χ0v) is 15.3. The second-order valence-electron chi connectivity index (χ2n) is 7.45. The van der Waals surface area contributed by atoms with E-state index in [9.17, 15) is 4.79 Å². The molecular weight excluding hydrogens is 328 g/mol. The van der Waals surface area contributed by atoms with Crippen molar-refractivity contribution in [2.75, 3.05) is 39.4 Å². The number of piperidine rings is 1. The van der Waals surface area contributed by atoms with Crippen LogP contribution in [0.15, 0.2) is 24.3 Å². The van der Waals surface area contributed by atoms with Gasteiger partial charge in [-0.05, 0) is 50.4 Å². The molecule has 2 aromatic rings. The van der Waals surface area contributed by atoms with E-state index in [1.807, 2.05) is 23.1 Å². The van der Waals surface area contributed by atoms with Crippen molar-refractivity contribution in [1.82, 2.24) is 19.8 Å². The fraction of sp³-hybridized carbons (Fsp3) is 0.600. The SMILES string of the molecule is O=C(CCC1CCN(Cc2nc3ccccc3[nH]2)CC1)N1CCOCC1. The van der Waals surface area contributed by atoms with Crippen LogP contribution in [-0.2, 0) is 16.1 Å². The molecule has 2 aliphatic heterocycles. The number of hydrogen-bond donors (Lipinski definition) is 1. The molecule has 1 aromatic carbocycles. The maximum atomic E-state index is 12.3. The molecule has 6 nitrogen and oxygen atoms in total. The second kappa shape index (κ2) is 8.18. The quantitative estimate of drug-likeness (QED) is 0.894. The number of carbonyl (C=O) groups excluding carboxylic acids is 1. The number of imidazole rings is 1. The summed E-state index contributed by atoms with van der Waals surface area (Å²) in [5, 5.41) is 0. The topological polar surface area (TPSA) is 61.5 Å². The molecule has 4 rings (SSSR count). The Kier molecular flexibility index (Phi) is 5.51. The minimum Gasteiger partial charge on any atom is -0.378 e. The highest BCUT2D eigenvalue weighted by atomic mass is 16.5. The largest absolute Gasteiger partial charge is 0.378 e. The van der Waals surface area contributed by atoms with E-state index in [1.165, 1.54) is 12.8 Å². The summed E-state index contributed by atoms with van der Waals surface area (Å²) in [6.07, 6.45) is 4.07. The predicted octanol–water partition coefficient (Wildman–Crippen LogP) is 2.41. The van der Waals surface area contributed by atoms with Crippen molar-refractivity contribution in [3.8, 4) is 0 Å². The first-order valence-corrected chi connectivity index (χ1v) is 9.79. The number of carbonyl (C=O) groups is 1. The number of amides is 1. The van der Waals surface area contributed by atoms with Gasteiger partial charge in [0.1, 0.15) is 5.82 Å². The minimum atomic E-state index is 0.304. The normalized spacial score (nSPS) is 19.9. The number of ether oxygens (including phenoxy) is 1. The summed E-state index contributed by atoms with van der Waals surface area (Å²) in [5.74, 6) is 2.03. The Balaban J connectivity index is 1.20. The Bertz CT molecular complexity index is 697. The summed E-state index contributed by atoms with van der Waals surface area (Å²) < 4.78 is 5.32. The van der Waals surface area contributed by atoms with Gasteiger partial charge in [-0.2, -0.15) is 0 Å². The lowest BCUT2D eigenvalue weighted by molar-refractivity contribution is -0.135. The van der Waals surface area contributed by atoms with Crippen LogP contribution in [0.5, 0.6) is 0 Å². The number of aromatic amines is 1. The summed E-state index contributed by atoms with van der Waals surface area (Å²) in [7, 11) is 0. The first kappa shape index (κ1) is 17.5. The number of hydrogen-bond acceptors (Lipinski definition) is 4. The zero-order chi connectivity index (χ0) is 17.8. The zero-order valence-electron chi connectivity index (χ0n) is 15.3. The van der Waals surface area contributed by atoms with Crippen molar-refractivity contribution in [1.29, 1.82) is 0 Å². The van der Waals surface area contributed by atoms with Crippen LogP contribution in [0.1, 0.15) is 31.5 Å². The molecule has 0 unspecified atom stereocenters. The van der Waals surface area contributed by atoms with E-state index >= 15 is 0 Å². The molecule has 1 amide bonds. The molecule has 0 bridgehead atoms. The average Bonchev–Trinajstić information content (AvgIpc) is 3.10. The first-order chi connectivity index (χ1) is 12.8. The van der Waals surface area contributed by atoms with Crippen LogP contribution in [0.4, 0.5) is 0 Å². The Morgan fingerprint density at radius 2 is 1.92 bits per heavy atom. The highest BCUT2D eigenvalue weighted by molar-refractivity contribution is 5.76. The third-order valence-corrected chi connectivity index (χ3v) is 5.65. The van der Waals surface area contributed by atoms with E-state index in [0.717, 1.165) is 56.0 Å². The van der Waals surface area contributed by atoms with Gasteiger partial charge in [0.05, 0.1) is 30.8 Å². The fourth-order valence-corrected chi connectivity index (χ4v) is 4.02. The number of morpholine rings is 1. The van der Waals surface area contributed by atoms with Crippen LogP contribution >= 0.6 is 0 Å². The van der Waals surface area contributed by atoms with Gasteiger partial charge in [-0.25, -0.2) is 4.98 Å². The molecule has 26 heavy (non-hydrogen) atoms. The highest BCUT2D eigenvalue weighted by Gasteiger charge is 2.22. The predicted molar refractivity (Wildman–Crippen MR) is 101 cm³/mol. The maximum absolute atomic E-state index is 12.3. The molecule has 1 aromatic heterocycles. The number of nitrogens with one attached hydrogen (secondary N) is 1. The van der Waals surface area contributed by atoms with E-state index in [2.05, 4.69) is 20.9 Å². The third-order valence-electron chi connectivity index (χ3n) is 5.65. The molecule has 0 spiro atoms. The van der Waals surface area contributed by atoms with Crippen molar-refractivity contribution in [2.45, 2.75) is 32.2 Å². The summed E-state index contributed by atoms with van der Waals surface area (Å²) >= 11 is 0. The van der Waals surface area contributed by atoms with Gasteiger partial charge in [-0.15, -0.1) is 0 Å². The summed E-state index contributed by atoms with van der Waals surface area (Å²) in [5.41, 5.74) is 2.15. The van der Waals surface area contributed by atoms with Crippen molar-refractivity contribution < 1.29 is 9.53 Å². The number of aromatic nitrogens is 2. The van der Waals surface area contributed by atoms with E-state index in [4.69, 9.17) is 4.74 Å². The summed E-state index contributed by atoms with van der Waals surface area (Å²) in [6.45, 7) is 5.95. The van der Waals surface area contributed by atoms with Crippen molar-refractivity contribution in [3.05, 3.63) is 30.1 Å². The average molecular weight is 356 g/mol. The van der Waals surface area contributed by atoms with Gasteiger partial charge in [0.15, 0.2) is 0 Å². The van der Waals surface area contributed by atoms with Gasteiger partial charge >= 0.3 is 0 Å². The Morgan fingerprint density at radius 3 is 2.69 bits per heavy atom. The molecule has 1 N–H and O–H groups in total.